The first kappa shape index (κ1) is 31.6. The number of H-pyrrole nitrogens is 1. The number of piperazine rings is 1. The van der Waals surface area contributed by atoms with Gasteiger partial charge in [0.05, 0.1) is 18.9 Å². The summed E-state index contributed by atoms with van der Waals surface area (Å²) in [5.74, 6) is 0.499. The van der Waals surface area contributed by atoms with Crippen LogP contribution < -0.4 is 4.90 Å². The van der Waals surface area contributed by atoms with Gasteiger partial charge in [-0.15, -0.1) is 10.2 Å². The maximum Gasteiger partial charge on any atom is 0.275 e. The Labute approximate surface area is 291 Å². The van der Waals surface area contributed by atoms with Crippen LogP contribution in [0.25, 0.3) is 28.3 Å². The van der Waals surface area contributed by atoms with E-state index in [1.165, 1.54) is 5.56 Å². The number of nitrogens with zero attached hydrogens (tertiary/aromatic N) is 8. The van der Waals surface area contributed by atoms with E-state index in [1.807, 2.05) is 41.3 Å². The van der Waals surface area contributed by atoms with Crippen LogP contribution in [-0.2, 0) is 17.7 Å². The molecular formula is C39H39N9O2. The Morgan fingerprint density at radius 1 is 0.780 bits per heavy atom. The number of anilines is 1. The molecule has 0 saturated carbocycles. The molecule has 0 bridgehead atoms. The maximum atomic E-state index is 14.8. The van der Waals surface area contributed by atoms with Crippen LogP contribution in [0.1, 0.15) is 21.6 Å². The summed E-state index contributed by atoms with van der Waals surface area (Å²) >= 11 is 0. The van der Waals surface area contributed by atoms with Crippen molar-refractivity contribution in [2.75, 3.05) is 50.8 Å². The van der Waals surface area contributed by atoms with Gasteiger partial charge in [0.25, 0.3) is 5.91 Å². The largest absolute Gasteiger partial charge is 0.378 e. The minimum Gasteiger partial charge on any atom is -0.378 e. The van der Waals surface area contributed by atoms with Crippen molar-refractivity contribution in [3.05, 3.63) is 132 Å². The molecule has 2 aromatic heterocycles. The minimum atomic E-state index is -0.0607. The van der Waals surface area contributed by atoms with Crippen molar-refractivity contribution in [2.45, 2.75) is 19.0 Å². The van der Waals surface area contributed by atoms with Crippen LogP contribution >= 0.6 is 0 Å². The number of hydrogen-bond acceptors (Lipinski definition) is 8. The standard InChI is InChI=1S/C39H39N9O2/c49-39(36-37(31-10-5-2-6-11-31)48(28-40-36)34-13-7-12-33(25-34)46-20-22-50-23-21-46)47-19-18-45(26-30-8-3-1-4-9-30)27-35(47)24-29-14-16-32(17-15-29)38-41-43-44-42-38/h1-17,25,28,35H,18-24,26-27H2,(H,41,42,43,44)/t35-/m1/s1. The van der Waals surface area contributed by atoms with Gasteiger partial charge in [0.15, 0.2) is 5.69 Å². The van der Waals surface area contributed by atoms with Crippen LogP contribution in [0, 0.1) is 0 Å². The fourth-order valence-corrected chi connectivity index (χ4v) is 7.06. The summed E-state index contributed by atoms with van der Waals surface area (Å²) < 4.78 is 7.65. The molecule has 11 nitrogen and oxygen atoms in total. The third-order valence-electron chi connectivity index (χ3n) is 9.61. The van der Waals surface area contributed by atoms with E-state index < -0.39 is 0 Å². The van der Waals surface area contributed by atoms with E-state index in [0.717, 1.165) is 66.5 Å². The fourth-order valence-electron chi connectivity index (χ4n) is 7.06. The molecular weight excluding hydrogens is 626 g/mol. The quantitative estimate of drug-likeness (QED) is 0.227. The highest BCUT2D eigenvalue weighted by Gasteiger charge is 2.34. The molecule has 2 fully saturated rings. The van der Waals surface area contributed by atoms with Gasteiger partial charge in [-0.3, -0.25) is 14.3 Å². The third kappa shape index (κ3) is 6.78. The van der Waals surface area contributed by atoms with Crippen LogP contribution in [0.3, 0.4) is 0 Å². The fraction of sp³-hybridized carbons (Fsp3) is 0.256. The summed E-state index contributed by atoms with van der Waals surface area (Å²) in [5, 5.41) is 14.4. The third-order valence-corrected chi connectivity index (χ3v) is 9.61. The molecule has 0 unspecified atom stereocenters. The SMILES string of the molecule is O=C(c1ncn(-c2cccc(N3CCOCC3)c2)c1-c1ccccc1)N1CCN(Cc2ccccc2)C[C@H]1Cc1ccc(-c2nn[nH]n2)cc1. The highest BCUT2D eigenvalue weighted by molar-refractivity contribution is 5.99. The van der Waals surface area contributed by atoms with Crippen LogP contribution in [0.15, 0.2) is 116 Å². The molecule has 2 saturated heterocycles. The smallest absolute Gasteiger partial charge is 0.275 e. The van der Waals surface area contributed by atoms with Gasteiger partial charge in [-0.05, 0) is 41.0 Å². The summed E-state index contributed by atoms with van der Waals surface area (Å²) in [4.78, 5) is 26.5. The predicted molar refractivity (Wildman–Crippen MR) is 192 cm³/mol. The van der Waals surface area contributed by atoms with Crippen molar-refractivity contribution < 1.29 is 9.53 Å². The van der Waals surface area contributed by atoms with Crippen molar-refractivity contribution in [3.63, 3.8) is 0 Å². The Morgan fingerprint density at radius 2 is 1.54 bits per heavy atom. The number of morpholine rings is 1. The summed E-state index contributed by atoms with van der Waals surface area (Å²) in [6, 6.07) is 37.3. The maximum absolute atomic E-state index is 14.8. The topological polar surface area (TPSA) is 108 Å². The van der Waals surface area contributed by atoms with Crippen molar-refractivity contribution in [1.29, 1.82) is 0 Å². The van der Waals surface area contributed by atoms with Gasteiger partial charge >= 0.3 is 0 Å². The lowest BCUT2D eigenvalue weighted by Gasteiger charge is -2.41. The zero-order valence-corrected chi connectivity index (χ0v) is 27.8. The summed E-state index contributed by atoms with van der Waals surface area (Å²) in [5.41, 5.74) is 7.58. The number of aromatic nitrogens is 6. The lowest BCUT2D eigenvalue weighted by Crippen LogP contribution is -2.55. The molecule has 8 rings (SSSR count). The zero-order chi connectivity index (χ0) is 33.7. The Bertz CT molecular complexity index is 2010. The van der Waals surface area contributed by atoms with E-state index in [4.69, 9.17) is 9.72 Å². The molecule has 6 aromatic rings. The zero-order valence-electron chi connectivity index (χ0n) is 27.8. The number of aromatic amines is 1. The van der Waals surface area contributed by atoms with Gasteiger partial charge in [-0.2, -0.15) is 5.21 Å². The predicted octanol–water partition coefficient (Wildman–Crippen LogP) is 5.13. The Morgan fingerprint density at radius 3 is 2.30 bits per heavy atom. The molecule has 4 aromatic carbocycles. The molecule has 50 heavy (non-hydrogen) atoms. The van der Waals surface area contributed by atoms with E-state index in [1.54, 1.807) is 6.33 Å². The van der Waals surface area contributed by atoms with E-state index in [0.29, 0.717) is 37.7 Å². The molecule has 11 heteroatoms. The average Bonchev–Trinajstić information content (AvgIpc) is 3.88. The van der Waals surface area contributed by atoms with Gasteiger partial charge < -0.3 is 14.5 Å². The highest BCUT2D eigenvalue weighted by atomic mass is 16.5. The summed E-state index contributed by atoms with van der Waals surface area (Å²) in [7, 11) is 0. The second-order valence-electron chi connectivity index (χ2n) is 12.8. The van der Waals surface area contributed by atoms with Crippen LogP contribution in [0.5, 0.6) is 0 Å². The highest BCUT2D eigenvalue weighted by Crippen LogP contribution is 2.31. The van der Waals surface area contributed by atoms with Crippen LogP contribution in [-0.4, -0.2) is 97.9 Å². The number of benzene rings is 4. The molecule has 0 aliphatic carbocycles. The number of rotatable bonds is 9. The van der Waals surface area contributed by atoms with Gasteiger partial charge in [0.1, 0.15) is 6.33 Å². The van der Waals surface area contributed by atoms with Crippen molar-refractivity contribution >= 4 is 11.6 Å². The molecule has 1 amide bonds. The number of amides is 1. The van der Waals surface area contributed by atoms with Gasteiger partial charge in [-0.25, -0.2) is 4.98 Å². The lowest BCUT2D eigenvalue weighted by atomic mass is 9.99. The second kappa shape index (κ2) is 14.5. The Balaban J connectivity index is 1.12. The summed E-state index contributed by atoms with van der Waals surface area (Å²) in [6.45, 7) is 6.08. The number of nitrogens with one attached hydrogen (secondary N) is 1. The van der Waals surface area contributed by atoms with Crippen LogP contribution in [0.2, 0.25) is 0 Å². The first-order chi connectivity index (χ1) is 24.7. The number of ether oxygens (including phenoxy) is 1. The van der Waals surface area contributed by atoms with Crippen molar-refractivity contribution in [1.82, 2.24) is 40.0 Å². The van der Waals surface area contributed by atoms with Gasteiger partial charge in [0, 0.05) is 67.8 Å². The summed E-state index contributed by atoms with van der Waals surface area (Å²) in [6.07, 6.45) is 2.50. The second-order valence-corrected chi connectivity index (χ2v) is 12.8. The minimum absolute atomic E-state index is 0.0558. The number of imidazole rings is 1. The molecule has 1 N–H and O–H groups in total. The van der Waals surface area contributed by atoms with Gasteiger partial charge in [-0.1, -0.05) is 91.0 Å². The molecule has 0 radical (unpaired) electrons. The normalized spacial score (nSPS) is 16.8. The molecule has 1 atom stereocenters. The monoisotopic (exact) mass is 665 g/mol. The molecule has 4 heterocycles. The van der Waals surface area contributed by atoms with E-state index in [2.05, 4.69) is 108 Å². The Hall–Kier alpha value is -5.65. The van der Waals surface area contributed by atoms with E-state index >= 15 is 0 Å². The lowest BCUT2D eigenvalue weighted by molar-refractivity contribution is 0.0434. The van der Waals surface area contributed by atoms with Gasteiger partial charge in [0.2, 0.25) is 5.82 Å². The first-order valence-corrected chi connectivity index (χ1v) is 17.2. The number of hydrogen-bond donors (Lipinski definition) is 1. The van der Waals surface area contributed by atoms with Crippen LogP contribution in [0.4, 0.5) is 5.69 Å². The van der Waals surface area contributed by atoms with E-state index in [9.17, 15) is 4.79 Å². The number of carbonyl (C=O) groups excluding carboxylic acids is 1. The Kier molecular flexibility index (Phi) is 9.14. The van der Waals surface area contributed by atoms with E-state index in [-0.39, 0.29) is 11.9 Å². The van der Waals surface area contributed by atoms with Crippen molar-refractivity contribution in [2.24, 2.45) is 0 Å². The first-order valence-electron chi connectivity index (χ1n) is 17.2. The number of tetrazole rings is 1. The number of carbonyl (C=O) groups is 1. The average molecular weight is 666 g/mol. The molecule has 0 spiro atoms. The molecule has 2 aliphatic heterocycles. The molecule has 252 valence electrons. The molecule has 2 aliphatic rings. The van der Waals surface area contributed by atoms with Crippen molar-refractivity contribution in [3.8, 4) is 28.3 Å².